The van der Waals surface area contributed by atoms with Crippen molar-refractivity contribution in [3.05, 3.63) is 83.7 Å². The number of hydrogen-bond acceptors (Lipinski definition) is 5. The predicted octanol–water partition coefficient (Wildman–Crippen LogP) is 3.58. The van der Waals surface area contributed by atoms with Crippen molar-refractivity contribution < 1.29 is 24.2 Å². The van der Waals surface area contributed by atoms with E-state index in [0.29, 0.717) is 11.4 Å². The van der Waals surface area contributed by atoms with Gasteiger partial charge in [-0.25, -0.2) is 4.79 Å². The molecule has 0 radical (unpaired) electrons. The summed E-state index contributed by atoms with van der Waals surface area (Å²) in [5, 5.41) is 14.0. The quantitative estimate of drug-likeness (QED) is 0.434. The summed E-state index contributed by atoms with van der Waals surface area (Å²) in [6.45, 7) is 0.110. The van der Waals surface area contributed by atoms with Gasteiger partial charge in [-0.2, -0.15) is 0 Å². The topological polar surface area (TPSA) is 118 Å². The molecule has 0 bridgehead atoms. The van der Waals surface area contributed by atoms with E-state index < -0.39 is 24.0 Å². The molecule has 3 aromatic rings. The highest BCUT2D eigenvalue weighted by Crippen LogP contribution is 2.44. The third kappa shape index (κ3) is 5.47. The normalized spacial score (nSPS) is 12.5. The smallest absolute Gasteiger partial charge is 0.407 e. The van der Waals surface area contributed by atoms with Crippen LogP contribution in [-0.2, 0) is 20.7 Å². The largest absolute Gasteiger partial charge is 0.481 e. The zero-order chi connectivity index (χ0) is 24.8. The number of carbonyl (C=O) groups excluding carboxylic acids is 2. The molecule has 1 heterocycles. The molecule has 1 atom stereocenters. The van der Waals surface area contributed by atoms with Crippen LogP contribution in [0.1, 0.15) is 29.2 Å². The molecular weight excluding hydrogens is 446 g/mol. The van der Waals surface area contributed by atoms with Crippen molar-refractivity contribution in [2.45, 2.75) is 24.8 Å². The van der Waals surface area contributed by atoms with E-state index in [1.807, 2.05) is 48.5 Å². The van der Waals surface area contributed by atoms with Crippen LogP contribution in [0.3, 0.4) is 0 Å². The van der Waals surface area contributed by atoms with Gasteiger partial charge in [0.25, 0.3) is 0 Å². The van der Waals surface area contributed by atoms with Gasteiger partial charge in [0.15, 0.2) is 0 Å². The zero-order valence-corrected chi connectivity index (χ0v) is 18.7. The molecule has 8 heteroatoms. The van der Waals surface area contributed by atoms with Crippen LogP contribution < -0.4 is 10.6 Å². The first-order chi connectivity index (χ1) is 17.0. The Morgan fingerprint density at radius 1 is 1.03 bits per heavy atom. The second kappa shape index (κ2) is 10.5. The number of rotatable bonds is 8. The molecule has 176 valence electrons. The Morgan fingerprint density at radius 2 is 1.69 bits per heavy atom. The van der Waals surface area contributed by atoms with Crippen LogP contribution in [0, 0.1) is 12.3 Å². The molecule has 0 saturated carbocycles. The Hall–Kier alpha value is -4.64. The summed E-state index contributed by atoms with van der Waals surface area (Å²) in [6.07, 6.45) is 5.72. The monoisotopic (exact) mass is 469 g/mol. The lowest BCUT2D eigenvalue weighted by Gasteiger charge is -2.18. The fraction of sp³-hybridized carbons (Fsp3) is 0.185. The Morgan fingerprint density at radius 3 is 2.26 bits per heavy atom. The number of alkyl carbamates (subject to hydrolysis) is 1. The number of carboxylic acid groups (broad SMARTS) is 1. The highest BCUT2D eigenvalue weighted by molar-refractivity contribution is 5.96. The summed E-state index contributed by atoms with van der Waals surface area (Å²) in [6, 6.07) is 18.0. The summed E-state index contributed by atoms with van der Waals surface area (Å²) in [5.74, 6) is 0.732. The first-order valence-corrected chi connectivity index (χ1v) is 11.0. The first-order valence-electron chi connectivity index (χ1n) is 11.0. The minimum absolute atomic E-state index is 0.0411. The third-order valence-corrected chi connectivity index (χ3v) is 5.70. The zero-order valence-electron chi connectivity index (χ0n) is 18.7. The standard InChI is InChI=1S/C27H23N3O5/c1-2-7-24(26(33)29-18-13-12-17(28-15-18)14-25(31)32)30-27(34)35-16-23-21-10-5-3-8-19(21)20-9-4-6-11-22(20)23/h1,3-6,8-13,15,23-24H,7,14,16H2,(H,29,33)(H,30,34)(H,31,32). The van der Waals surface area contributed by atoms with Gasteiger partial charge in [-0.3, -0.25) is 14.6 Å². The van der Waals surface area contributed by atoms with Crippen molar-refractivity contribution in [1.29, 1.82) is 0 Å². The second-order valence-electron chi connectivity index (χ2n) is 8.03. The van der Waals surface area contributed by atoms with Crippen molar-refractivity contribution in [2.75, 3.05) is 11.9 Å². The molecule has 0 saturated heterocycles. The lowest BCUT2D eigenvalue weighted by Crippen LogP contribution is -2.44. The van der Waals surface area contributed by atoms with Crippen molar-refractivity contribution in [3.8, 4) is 23.5 Å². The Labute approximate surface area is 202 Å². The summed E-state index contributed by atoms with van der Waals surface area (Å²) in [4.78, 5) is 40.0. The van der Waals surface area contributed by atoms with E-state index in [0.717, 1.165) is 22.3 Å². The minimum atomic E-state index is -1.02. The molecule has 0 spiro atoms. The van der Waals surface area contributed by atoms with Gasteiger partial charge in [-0.15, -0.1) is 12.3 Å². The maximum absolute atomic E-state index is 12.7. The highest BCUT2D eigenvalue weighted by atomic mass is 16.5. The Kier molecular flexibility index (Phi) is 7.07. The molecule has 2 aromatic carbocycles. The van der Waals surface area contributed by atoms with Crippen LogP contribution in [0.2, 0.25) is 0 Å². The number of terminal acetylenes is 1. The molecule has 4 rings (SSSR count). The summed E-state index contributed by atoms with van der Waals surface area (Å²) >= 11 is 0. The van der Waals surface area contributed by atoms with Crippen LogP contribution in [-0.4, -0.2) is 40.7 Å². The number of aromatic nitrogens is 1. The summed E-state index contributed by atoms with van der Waals surface area (Å²) in [5.41, 5.74) is 5.10. The lowest BCUT2D eigenvalue weighted by molar-refractivity contribution is -0.136. The van der Waals surface area contributed by atoms with Crippen LogP contribution in [0.15, 0.2) is 66.9 Å². The number of hydrogen-bond donors (Lipinski definition) is 3. The molecule has 3 N–H and O–H groups in total. The van der Waals surface area contributed by atoms with Crippen LogP contribution >= 0.6 is 0 Å². The number of benzene rings is 2. The molecule has 1 aliphatic carbocycles. The van der Waals surface area contributed by atoms with Crippen LogP contribution in [0.5, 0.6) is 0 Å². The SMILES string of the molecule is C#CCC(NC(=O)OCC1c2ccccc2-c2ccccc21)C(=O)Nc1ccc(CC(=O)O)nc1. The van der Waals surface area contributed by atoms with Gasteiger partial charge in [0, 0.05) is 12.3 Å². The van der Waals surface area contributed by atoms with E-state index in [9.17, 15) is 14.4 Å². The third-order valence-electron chi connectivity index (χ3n) is 5.70. The van der Waals surface area contributed by atoms with Gasteiger partial charge in [0.2, 0.25) is 5.91 Å². The molecule has 2 amide bonds. The number of carboxylic acids is 1. The van der Waals surface area contributed by atoms with Gasteiger partial charge < -0.3 is 20.5 Å². The van der Waals surface area contributed by atoms with E-state index in [-0.39, 0.29) is 25.4 Å². The molecular formula is C27H23N3O5. The van der Waals surface area contributed by atoms with E-state index in [1.165, 1.54) is 18.3 Å². The average molecular weight is 469 g/mol. The van der Waals surface area contributed by atoms with Gasteiger partial charge in [0.05, 0.1) is 24.0 Å². The second-order valence-corrected chi connectivity index (χ2v) is 8.03. The number of carbonyl (C=O) groups is 3. The number of anilines is 1. The number of amides is 2. The average Bonchev–Trinajstić information content (AvgIpc) is 3.17. The number of aliphatic carboxylic acids is 1. The Bertz CT molecular complexity index is 1250. The lowest BCUT2D eigenvalue weighted by atomic mass is 9.98. The van der Waals surface area contributed by atoms with Crippen molar-refractivity contribution >= 4 is 23.7 Å². The van der Waals surface area contributed by atoms with E-state index >= 15 is 0 Å². The number of ether oxygens (including phenoxy) is 1. The van der Waals surface area contributed by atoms with Crippen molar-refractivity contribution in [2.24, 2.45) is 0 Å². The van der Waals surface area contributed by atoms with Gasteiger partial charge in [-0.05, 0) is 34.4 Å². The van der Waals surface area contributed by atoms with E-state index in [2.05, 4.69) is 21.5 Å². The van der Waals surface area contributed by atoms with E-state index in [4.69, 9.17) is 16.3 Å². The molecule has 1 aliphatic rings. The van der Waals surface area contributed by atoms with Crippen molar-refractivity contribution in [3.63, 3.8) is 0 Å². The van der Waals surface area contributed by atoms with Crippen LogP contribution in [0.25, 0.3) is 11.1 Å². The fourth-order valence-electron chi connectivity index (χ4n) is 4.10. The number of fused-ring (bicyclic) bond motifs is 3. The van der Waals surface area contributed by atoms with Gasteiger partial charge >= 0.3 is 12.1 Å². The van der Waals surface area contributed by atoms with Gasteiger partial charge in [0.1, 0.15) is 12.6 Å². The maximum Gasteiger partial charge on any atom is 0.407 e. The maximum atomic E-state index is 12.7. The molecule has 8 nitrogen and oxygen atoms in total. The number of nitrogens with zero attached hydrogens (tertiary/aromatic N) is 1. The van der Waals surface area contributed by atoms with Gasteiger partial charge in [-0.1, -0.05) is 48.5 Å². The number of nitrogens with one attached hydrogen (secondary N) is 2. The summed E-state index contributed by atoms with van der Waals surface area (Å²) in [7, 11) is 0. The number of pyridine rings is 1. The predicted molar refractivity (Wildman–Crippen MR) is 130 cm³/mol. The van der Waals surface area contributed by atoms with Crippen LogP contribution in [0.4, 0.5) is 10.5 Å². The molecule has 35 heavy (non-hydrogen) atoms. The van der Waals surface area contributed by atoms with Crippen molar-refractivity contribution in [1.82, 2.24) is 10.3 Å². The molecule has 1 aromatic heterocycles. The molecule has 0 aliphatic heterocycles. The Balaban J connectivity index is 1.37. The van der Waals surface area contributed by atoms with E-state index in [1.54, 1.807) is 0 Å². The first kappa shape index (κ1) is 23.5. The molecule has 1 unspecified atom stereocenters. The highest BCUT2D eigenvalue weighted by Gasteiger charge is 2.29. The summed E-state index contributed by atoms with van der Waals surface area (Å²) < 4.78 is 5.50. The minimum Gasteiger partial charge on any atom is -0.481 e. The molecule has 0 fully saturated rings. The fourth-order valence-corrected chi connectivity index (χ4v) is 4.10.